The Morgan fingerprint density at radius 1 is 0.861 bits per heavy atom. The van der Waals surface area contributed by atoms with E-state index in [-0.39, 0.29) is 24.3 Å². The lowest BCUT2D eigenvalue weighted by atomic mass is 10.0. The molecule has 2 aliphatic rings. The molecule has 0 radical (unpaired) electrons. The summed E-state index contributed by atoms with van der Waals surface area (Å²) in [5.74, 6) is 0.787. The molecule has 2 aromatic carbocycles. The van der Waals surface area contributed by atoms with Crippen LogP contribution in [0.4, 0.5) is 10.5 Å². The normalized spacial score (nSPS) is 17.9. The zero-order valence-electron chi connectivity index (χ0n) is 21.7. The quantitative estimate of drug-likeness (QED) is 0.341. The maximum Gasteiger partial charge on any atom is 0.327 e. The number of ether oxygens (including phenoxy) is 1. The van der Waals surface area contributed by atoms with Crippen LogP contribution in [-0.2, 0) is 11.3 Å². The minimum Gasteiger partial charge on any atom is -0.497 e. The summed E-state index contributed by atoms with van der Waals surface area (Å²) in [6.45, 7) is 9.89. The van der Waals surface area contributed by atoms with Crippen LogP contribution < -0.4 is 9.64 Å². The predicted octanol–water partition coefficient (Wildman–Crippen LogP) is 4.65. The van der Waals surface area contributed by atoms with Crippen LogP contribution in [0.1, 0.15) is 38.7 Å². The molecule has 36 heavy (non-hydrogen) atoms. The molecule has 8 heteroatoms. The highest BCUT2D eigenvalue weighted by Crippen LogP contribution is 2.29. The summed E-state index contributed by atoms with van der Waals surface area (Å²) < 4.78 is 5.35. The van der Waals surface area contributed by atoms with Crippen molar-refractivity contribution >= 4 is 30.0 Å². The third-order valence-electron chi connectivity index (χ3n) is 7.24. The second-order valence-electron chi connectivity index (χ2n) is 9.96. The number of hydrogen-bond acceptors (Lipinski definition) is 5. The van der Waals surface area contributed by atoms with E-state index in [1.54, 1.807) is 12.0 Å². The van der Waals surface area contributed by atoms with E-state index in [4.69, 9.17) is 4.74 Å². The topological polar surface area (TPSA) is 56.3 Å². The van der Waals surface area contributed by atoms with E-state index in [1.807, 2.05) is 56.3 Å². The van der Waals surface area contributed by atoms with E-state index < -0.39 is 5.54 Å². The van der Waals surface area contributed by atoms with Crippen LogP contribution in [0.3, 0.4) is 0 Å². The first-order chi connectivity index (χ1) is 16.9. The number of carbonyl (C=O) groups excluding carboxylic acids is 2. The molecule has 0 aliphatic carbocycles. The van der Waals surface area contributed by atoms with E-state index in [9.17, 15) is 9.59 Å². The van der Waals surface area contributed by atoms with Crippen molar-refractivity contribution in [3.63, 3.8) is 0 Å². The zero-order valence-corrected chi connectivity index (χ0v) is 22.5. The van der Waals surface area contributed by atoms with Gasteiger partial charge in [0.15, 0.2) is 0 Å². The third kappa shape index (κ3) is 6.31. The summed E-state index contributed by atoms with van der Waals surface area (Å²) in [7, 11) is 1.70. The number of nitrogens with zero attached hydrogens (tertiary/aromatic N) is 4. The molecule has 3 amide bonds. The Bertz CT molecular complexity index is 1010. The molecule has 2 aliphatic heterocycles. The van der Waals surface area contributed by atoms with Crippen molar-refractivity contribution in [2.45, 2.75) is 45.2 Å². The first kappa shape index (κ1) is 27.8. The minimum absolute atomic E-state index is 0. The lowest BCUT2D eigenvalue weighted by Gasteiger charge is -2.36. The minimum atomic E-state index is -0.789. The number of carbonyl (C=O) groups is 2. The van der Waals surface area contributed by atoms with Crippen molar-refractivity contribution in [1.29, 1.82) is 0 Å². The standard InChI is InChI=1S/C28H38N4O3.ClH/c1-28(2)26(33)31(22-23-11-6-4-7-12-23)27(34)32(28)16-9-5-8-15-29-17-19-30(20-18-29)24-13-10-14-25(21-24)35-3;/h4,6-7,10-14,21H,5,8-9,15-20,22H2,1-3H3;1H. The van der Waals surface area contributed by atoms with Gasteiger partial charge in [0.05, 0.1) is 13.7 Å². The number of unbranched alkanes of at least 4 members (excludes halogenated alkanes) is 2. The van der Waals surface area contributed by atoms with Crippen LogP contribution in [0.5, 0.6) is 5.75 Å². The van der Waals surface area contributed by atoms with Gasteiger partial charge >= 0.3 is 6.03 Å². The highest BCUT2D eigenvalue weighted by molar-refractivity contribution is 6.06. The van der Waals surface area contributed by atoms with E-state index in [0.29, 0.717) is 13.1 Å². The molecule has 2 aromatic rings. The molecule has 0 N–H and O–H groups in total. The molecular formula is C28H39ClN4O3. The smallest absolute Gasteiger partial charge is 0.327 e. The summed E-state index contributed by atoms with van der Waals surface area (Å²) in [6, 6.07) is 17.8. The average molecular weight is 515 g/mol. The summed E-state index contributed by atoms with van der Waals surface area (Å²) >= 11 is 0. The summed E-state index contributed by atoms with van der Waals surface area (Å²) in [4.78, 5) is 34.1. The lowest BCUT2D eigenvalue weighted by Crippen LogP contribution is -2.46. The fraction of sp³-hybridized carbons (Fsp3) is 0.500. The van der Waals surface area contributed by atoms with Gasteiger partial charge in [0.1, 0.15) is 11.3 Å². The highest BCUT2D eigenvalue weighted by atomic mass is 35.5. The van der Waals surface area contributed by atoms with Crippen molar-refractivity contribution in [2.24, 2.45) is 0 Å². The Kier molecular flexibility index (Phi) is 9.63. The Morgan fingerprint density at radius 2 is 1.56 bits per heavy atom. The number of urea groups is 1. The van der Waals surface area contributed by atoms with E-state index in [1.165, 1.54) is 10.6 Å². The zero-order chi connectivity index (χ0) is 24.8. The molecule has 2 heterocycles. The first-order valence-electron chi connectivity index (χ1n) is 12.7. The molecule has 0 unspecified atom stereocenters. The van der Waals surface area contributed by atoms with Crippen molar-refractivity contribution in [3.8, 4) is 5.75 Å². The number of rotatable bonds is 10. The molecule has 0 saturated carbocycles. The van der Waals surface area contributed by atoms with Gasteiger partial charge in [-0.1, -0.05) is 42.8 Å². The maximum atomic E-state index is 13.0. The van der Waals surface area contributed by atoms with Crippen LogP contribution in [0, 0.1) is 0 Å². The molecule has 4 rings (SSSR count). The number of anilines is 1. The summed E-state index contributed by atoms with van der Waals surface area (Å²) in [5.41, 5.74) is 1.40. The number of hydrogen-bond donors (Lipinski definition) is 0. The van der Waals surface area contributed by atoms with Crippen molar-refractivity contribution in [2.75, 3.05) is 51.3 Å². The van der Waals surface area contributed by atoms with Crippen molar-refractivity contribution in [1.82, 2.24) is 14.7 Å². The molecule has 0 spiro atoms. The molecule has 2 saturated heterocycles. The van der Waals surface area contributed by atoms with Gasteiger partial charge in [0.25, 0.3) is 5.91 Å². The fourth-order valence-electron chi connectivity index (χ4n) is 5.02. The van der Waals surface area contributed by atoms with Gasteiger partial charge < -0.3 is 14.5 Å². The van der Waals surface area contributed by atoms with Gasteiger partial charge in [-0.25, -0.2) is 4.79 Å². The number of halogens is 1. The van der Waals surface area contributed by atoms with Gasteiger partial charge in [-0.15, -0.1) is 12.4 Å². The predicted molar refractivity (Wildman–Crippen MR) is 146 cm³/mol. The second kappa shape index (κ2) is 12.5. The van der Waals surface area contributed by atoms with Crippen LogP contribution >= 0.6 is 12.4 Å². The van der Waals surface area contributed by atoms with Crippen LogP contribution in [-0.4, -0.2) is 78.6 Å². The largest absolute Gasteiger partial charge is 0.497 e. The van der Waals surface area contributed by atoms with Crippen molar-refractivity contribution in [3.05, 3.63) is 60.2 Å². The molecule has 2 fully saturated rings. The van der Waals surface area contributed by atoms with Gasteiger partial charge in [-0.3, -0.25) is 14.6 Å². The molecule has 0 bridgehead atoms. The third-order valence-corrected chi connectivity index (χ3v) is 7.24. The number of amides is 3. The highest BCUT2D eigenvalue weighted by Gasteiger charge is 2.50. The van der Waals surface area contributed by atoms with Crippen molar-refractivity contribution < 1.29 is 14.3 Å². The molecular weight excluding hydrogens is 476 g/mol. The number of piperazine rings is 1. The van der Waals surface area contributed by atoms with Gasteiger partial charge in [0, 0.05) is 44.5 Å². The Balaban J connectivity index is 0.00000361. The lowest BCUT2D eigenvalue weighted by molar-refractivity contribution is -0.132. The Morgan fingerprint density at radius 3 is 2.25 bits per heavy atom. The van der Waals surface area contributed by atoms with Gasteiger partial charge in [-0.2, -0.15) is 0 Å². The second-order valence-corrected chi connectivity index (χ2v) is 9.96. The van der Waals surface area contributed by atoms with E-state index >= 15 is 0 Å². The number of imide groups is 1. The van der Waals surface area contributed by atoms with Gasteiger partial charge in [0.2, 0.25) is 0 Å². The van der Waals surface area contributed by atoms with Crippen LogP contribution in [0.2, 0.25) is 0 Å². The molecule has 196 valence electrons. The van der Waals surface area contributed by atoms with E-state index in [2.05, 4.69) is 21.9 Å². The van der Waals surface area contributed by atoms with Crippen LogP contribution in [0.25, 0.3) is 0 Å². The average Bonchev–Trinajstić information content (AvgIpc) is 3.04. The van der Waals surface area contributed by atoms with Gasteiger partial charge in [-0.05, 0) is 50.9 Å². The SMILES string of the molecule is COc1cccc(N2CCN(CCCCCN3C(=O)N(Cc4ccccc4)C(=O)C3(C)C)CC2)c1.Cl. The molecule has 0 atom stereocenters. The first-order valence-corrected chi connectivity index (χ1v) is 12.7. The Hall–Kier alpha value is -2.77. The maximum absolute atomic E-state index is 13.0. The van der Waals surface area contributed by atoms with Crippen LogP contribution in [0.15, 0.2) is 54.6 Å². The summed E-state index contributed by atoms with van der Waals surface area (Å²) in [6.07, 6.45) is 3.05. The van der Waals surface area contributed by atoms with E-state index in [0.717, 1.165) is 63.3 Å². The number of methoxy groups -OCH3 is 1. The monoisotopic (exact) mass is 514 g/mol. The fourth-order valence-corrected chi connectivity index (χ4v) is 5.02. The molecule has 7 nitrogen and oxygen atoms in total. The molecule has 0 aromatic heterocycles. The number of benzene rings is 2. The Labute approximate surface area is 221 Å². The summed E-state index contributed by atoms with van der Waals surface area (Å²) in [5, 5.41) is 0.